The summed E-state index contributed by atoms with van der Waals surface area (Å²) < 4.78 is 0. The van der Waals surface area contributed by atoms with Gasteiger partial charge in [0.25, 0.3) is 0 Å². The van der Waals surface area contributed by atoms with Gasteiger partial charge in [0.05, 0.1) is 6.33 Å². The van der Waals surface area contributed by atoms with E-state index in [1.807, 2.05) is 0 Å². The normalized spacial score (nSPS) is 13.3. The number of carbonyl (C=O) groups is 2. The highest BCUT2D eigenvalue weighted by Gasteiger charge is 2.14. The van der Waals surface area contributed by atoms with E-state index in [0.717, 1.165) is 5.69 Å². The molecule has 108 valence electrons. The second-order valence-corrected chi connectivity index (χ2v) is 4.33. The zero-order chi connectivity index (χ0) is 15.0. The van der Waals surface area contributed by atoms with Gasteiger partial charge < -0.3 is 26.7 Å². The summed E-state index contributed by atoms with van der Waals surface area (Å²) in [6, 6.07) is -1.56. The summed E-state index contributed by atoms with van der Waals surface area (Å²) >= 11 is 0. The first-order chi connectivity index (χ1) is 8.75. The van der Waals surface area contributed by atoms with E-state index in [1.54, 1.807) is 20.0 Å². The van der Waals surface area contributed by atoms with Gasteiger partial charge in [-0.1, -0.05) is 13.8 Å². The molecule has 1 rings (SSSR count). The number of imidazole rings is 1. The van der Waals surface area contributed by atoms with Crippen LogP contribution in [0.5, 0.6) is 0 Å². The van der Waals surface area contributed by atoms with Crippen molar-refractivity contribution in [2.24, 2.45) is 17.4 Å². The van der Waals surface area contributed by atoms with Crippen molar-refractivity contribution in [3.63, 3.8) is 0 Å². The molecule has 0 aliphatic heterocycles. The number of hydrogen-bond acceptors (Lipinski definition) is 5. The van der Waals surface area contributed by atoms with Crippen LogP contribution in [0.4, 0.5) is 0 Å². The molecule has 0 radical (unpaired) electrons. The van der Waals surface area contributed by atoms with Crippen molar-refractivity contribution >= 4 is 11.9 Å². The summed E-state index contributed by atoms with van der Waals surface area (Å²) in [6.07, 6.45) is 3.34. The zero-order valence-corrected chi connectivity index (χ0v) is 10.9. The Labute approximate surface area is 110 Å². The van der Waals surface area contributed by atoms with Gasteiger partial charge in [-0.25, -0.2) is 4.98 Å². The molecule has 0 aliphatic rings. The molecule has 0 bridgehead atoms. The molecule has 0 amide bonds. The van der Waals surface area contributed by atoms with Crippen molar-refractivity contribution in [1.82, 2.24) is 9.97 Å². The highest BCUT2D eigenvalue weighted by molar-refractivity contribution is 5.73. The fourth-order valence-electron chi connectivity index (χ4n) is 1.01. The number of nitrogens with one attached hydrogen (secondary N) is 1. The summed E-state index contributed by atoms with van der Waals surface area (Å²) in [7, 11) is 0. The Morgan fingerprint density at radius 3 is 2.16 bits per heavy atom. The standard InChI is InChI=1S/C6H9N3O2.C5H11NO2/c7-5(6(10)11)1-4-2-8-3-9-4;1-3(2)4(6)5(7)8/h2-3,5H,1,7H2,(H,8,9)(H,10,11);3-4H,6H2,1-2H3,(H,7,8)/t5-;4-/m01/s1. The molecule has 0 saturated carbocycles. The Balaban J connectivity index is 0.000000362. The summed E-state index contributed by atoms with van der Waals surface area (Å²) in [4.78, 5) is 26.8. The number of rotatable bonds is 5. The molecular formula is C11H20N4O4. The van der Waals surface area contributed by atoms with E-state index in [1.165, 1.54) is 6.33 Å². The molecular weight excluding hydrogens is 252 g/mol. The Kier molecular flexibility index (Phi) is 7.39. The van der Waals surface area contributed by atoms with Crippen LogP contribution in [0.1, 0.15) is 19.5 Å². The SMILES string of the molecule is CC(C)[C@@H](N)C(=O)O.N[C@@H](Cc1cnc[nH]1)C(=O)O. The van der Waals surface area contributed by atoms with Gasteiger partial charge >= 0.3 is 11.9 Å². The summed E-state index contributed by atoms with van der Waals surface area (Å²) in [5.41, 5.74) is 11.2. The molecule has 7 N–H and O–H groups in total. The predicted octanol–water partition coefficient (Wildman–Crippen LogP) is -0.582. The zero-order valence-electron chi connectivity index (χ0n) is 10.9. The van der Waals surface area contributed by atoms with Gasteiger partial charge in [-0.3, -0.25) is 9.59 Å². The van der Waals surface area contributed by atoms with E-state index in [2.05, 4.69) is 9.97 Å². The van der Waals surface area contributed by atoms with E-state index >= 15 is 0 Å². The maximum atomic E-state index is 10.3. The molecule has 0 saturated heterocycles. The van der Waals surface area contributed by atoms with E-state index in [0.29, 0.717) is 0 Å². The van der Waals surface area contributed by atoms with Gasteiger partial charge in [-0.15, -0.1) is 0 Å². The van der Waals surface area contributed by atoms with Crippen LogP contribution < -0.4 is 11.5 Å². The third kappa shape index (κ3) is 7.17. The lowest BCUT2D eigenvalue weighted by molar-refractivity contribution is -0.140. The van der Waals surface area contributed by atoms with Crippen molar-refractivity contribution in [2.75, 3.05) is 0 Å². The number of aliphatic carboxylic acids is 2. The predicted molar refractivity (Wildman–Crippen MR) is 68.4 cm³/mol. The van der Waals surface area contributed by atoms with Gasteiger partial charge in [0.1, 0.15) is 12.1 Å². The van der Waals surface area contributed by atoms with Crippen LogP contribution in [0.15, 0.2) is 12.5 Å². The average molecular weight is 272 g/mol. The molecule has 1 aromatic rings. The second kappa shape index (κ2) is 8.22. The number of aromatic amines is 1. The van der Waals surface area contributed by atoms with Crippen LogP contribution >= 0.6 is 0 Å². The molecule has 2 atom stereocenters. The van der Waals surface area contributed by atoms with Crippen molar-refractivity contribution < 1.29 is 19.8 Å². The third-order valence-corrected chi connectivity index (χ3v) is 2.32. The molecule has 0 fully saturated rings. The molecule has 0 aliphatic carbocycles. The highest BCUT2D eigenvalue weighted by atomic mass is 16.4. The van der Waals surface area contributed by atoms with Gasteiger partial charge in [-0.2, -0.15) is 0 Å². The Bertz CT molecular complexity index is 391. The number of aromatic nitrogens is 2. The van der Waals surface area contributed by atoms with Crippen LogP contribution in [0.2, 0.25) is 0 Å². The number of hydrogen-bond donors (Lipinski definition) is 5. The maximum absolute atomic E-state index is 10.3. The van der Waals surface area contributed by atoms with Gasteiger partial charge in [0.2, 0.25) is 0 Å². The molecule has 8 heteroatoms. The summed E-state index contributed by atoms with van der Waals surface area (Å²) in [5.74, 6) is -1.91. The lowest BCUT2D eigenvalue weighted by atomic mass is 10.1. The summed E-state index contributed by atoms with van der Waals surface area (Å²) in [5, 5.41) is 16.6. The van der Waals surface area contributed by atoms with Gasteiger partial charge in [0, 0.05) is 18.3 Å². The average Bonchev–Trinajstić information content (AvgIpc) is 2.81. The van der Waals surface area contributed by atoms with Crippen molar-refractivity contribution in [1.29, 1.82) is 0 Å². The monoisotopic (exact) mass is 272 g/mol. The van der Waals surface area contributed by atoms with Gasteiger partial charge in [-0.05, 0) is 5.92 Å². The minimum Gasteiger partial charge on any atom is -0.480 e. The maximum Gasteiger partial charge on any atom is 0.320 e. The second-order valence-electron chi connectivity index (χ2n) is 4.33. The lowest BCUT2D eigenvalue weighted by Gasteiger charge is -2.07. The molecule has 8 nitrogen and oxygen atoms in total. The van der Waals surface area contributed by atoms with Crippen LogP contribution in [0.25, 0.3) is 0 Å². The van der Waals surface area contributed by atoms with Crippen LogP contribution in [0, 0.1) is 5.92 Å². The van der Waals surface area contributed by atoms with Crippen molar-refractivity contribution in [2.45, 2.75) is 32.4 Å². The molecule has 19 heavy (non-hydrogen) atoms. The van der Waals surface area contributed by atoms with Crippen LogP contribution in [0.3, 0.4) is 0 Å². The minimum absolute atomic E-state index is 0.0208. The first kappa shape index (κ1) is 17.1. The Morgan fingerprint density at radius 1 is 1.32 bits per heavy atom. The lowest BCUT2D eigenvalue weighted by Crippen LogP contribution is -2.34. The fraction of sp³-hybridized carbons (Fsp3) is 0.545. The van der Waals surface area contributed by atoms with E-state index in [9.17, 15) is 9.59 Å². The molecule has 1 aromatic heterocycles. The molecule has 0 spiro atoms. The van der Waals surface area contributed by atoms with Gasteiger partial charge in [0.15, 0.2) is 0 Å². The van der Waals surface area contributed by atoms with E-state index < -0.39 is 24.0 Å². The highest BCUT2D eigenvalue weighted by Crippen LogP contribution is 1.96. The smallest absolute Gasteiger partial charge is 0.320 e. The molecule has 1 heterocycles. The van der Waals surface area contributed by atoms with Crippen molar-refractivity contribution in [3.05, 3.63) is 18.2 Å². The number of carboxylic acid groups (broad SMARTS) is 2. The number of nitrogens with two attached hydrogens (primary N) is 2. The van der Waals surface area contributed by atoms with Crippen LogP contribution in [-0.4, -0.2) is 44.2 Å². The van der Waals surface area contributed by atoms with Crippen LogP contribution in [-0.2, 0) is 16.0 Å². The molecule has 0 unspecified atom stereocenters. The Morgan fingerprint density at radius 2 is 1.89 bits per heavy atom. The minimum atomic E-state index is -1.00. The largest absolute Gasteiger partial charge is 0.480 e. The third-order valence-electron chi connectivity index (χ3n) is 2.32. The summed E-state index contributed by atoms with van der Waals surface area (Å²) in [6.45, 7) is 3.55. The first-order valence-electron chi connectivity index (χ1n) is 5.69. The fourth-order valence-corrected chi connectivity index (χ4v) is 1.01. The van der Waals surface area contributed by atoms with E-state index in [-0.39, 0.29) is 12.3 Å². The topological polar surface area (TPSA) is 155 Å². The molecule has 0 aromatic carbocycles. The first-order valence-corrected chi connectivity index (χ1v) is 5.69. The van der Waals surface area contributed by atoms with E-state index in [4.69, 9.17) is 21.7 Å². The number of nitrogens with zero attached hydrogens (tertiary/aromatic N) is 1. The number of carboxylic acids is 2. The quantitative estimate of drug-likeness (QED) is 0.480. The number of H-pyrrole nitrogens is 1. The Hall–Kier alpha value is -1.93. The van der Waals surface area contributed by atoms with Crippen molar-refractivity contribution in [3.8, 4) is 0 Å².